The first-order valence-electron chi connectivity index (χ1n) is 9.14. The van der Waals surface area contributed by atoms with Crippen LogP contribution in [0, 0.1) is 5.92 Å². The van der Waals surface area contributed by atoms with Crippen LogP contribution in [0.2, 0.25) is 0 Å². The van der Waals surface area contributed by atoms with Crippen molar-refractivity contribution < 1.29 is 4.79 Å². The van der Waals surface area contributed by atoms with Gasteiger partial charge in [0.2, 0.25) is 11.9 Å². The van der Waals surface area contributed by atoms with E-state index in [0.717, 1.165) is 28.1 Å². The predicted octanol–water partition coefficient (Wildman–Crippen LogP) is 3.09. The summed E-state index contributed by atoms with van der Waals surface area (Å²) in [6.45, 7) is 1.24. The van der Waals surface area contributed by atoms with Crippen molar-refractivity contribution in [1.29, 1.82) is 0 Å². The number of carbonyl (C=O) groups excluding carboxylic acids is 1. The second kappa shape index (κ2) is 6.77. The number of fused-ring (bicyclic) bond motifs is 1. The highest BCUT2D eigenvalue weighted by Crippen LogP contribution is 2.26. The van der Waals surface area contributed by atoms with E-state index in [-0.39, 0.29) is 11.8 Å². The van der Waals surface area contributed by atoms with E-state index in [1.807, 2.05) is 60.7 Å². The van der Waals surface area contributed by atoms with Crippen molar-refractivity contribution in [3.63, 3.8) is 0 Å². The molecular formula is C21H18N6O. The highest BCUT2D eigenvalue weighted by molar-refractivity contribution is 5.94. The molecule has 0 unspecified atom stereocenters. The Kier molecular flexibility index (Phi) is 3.97. The van der Waals surface area contributed by atoms with Gasteiger partial charge in [-0.1, -0.05) is 42.5 Å². The number of H-pyrrole nitrogens is 1. The van der Waals surface area contributed by atoms with Gasteiger partial charge in [0.25, 0.3) is 0 Å². The second-order valence-corrected chi connectivity index (χ2v) is 6.82. The Morgan fingerprint density at radius 1 is 1.04 bits per heavy atom. The molecule has 4 aromatic rings. The molecule has 3 heterocycles. The standard InChI is InChI=1S/C21H18N6O/c28-20(26-21-24-16-8-4-5-9-17(16)25-21)15-11-27(12-15)19-10-18(22-13-23-19)14-6-2-1-3-7-14/h1-10,13,15H,11-12H2,(H2,24,25,26,28). The summed E-state index contributed by atoms with van der Waals surface area (Å²) in [4.78, 5) is 30.8. The summed E-state index contributed by atoms with van der Waals surface area (Å²) in [5, 5.41) is 2.88. The molecule has 0 spiro atoms. The third kappa shape index (κ3) is 3.07. The third-order valence-corrected chi connectivity index (χ3v) is 4.93. The lowest BCUT2D eigenvalue weighted by atomic mass is 9.99. The first kappa shape index (κ1) is 16.4. The maximum absolute atomic E-state index is 12.5. The van der Waals surface area contributed by atoms with Crippen LogP contribution in [-0.2, 0) is 4.79 Å². The fourth-order valence-electron chi connectivity index (χ4n) is 3.35. The van der Waals surface area contributed by atoms with Gasteiger partial charge >= 0.3 is 0 Å². The van der Waals surface area contributed by atoms with E-state index in [2.05, 4.69) is 30.2 Å². The summed E-state index contributed by atoms with van der Waals surface area (Å²) in [6.07, 6.45) is 1.57. The van der Waals surface area contributed by atoms with Crippen LogP contribution in [0.3, 0.4) is 0 Å². The Labute approximate surface area is 161 Å². The minimum Gasteiger partial charge on any atom is -0.355 e. The zero-order valence-corrected chi connectivity index (χ0v) is 15.0. The predicted molar refractivity (Wildman–Crippen MR) is 108 cm³/mol. The quantitative estimate of drug-likeness (QED) is 0.576. The van der Waals surface area contributed by atoms with Gasteiger partial charge in [0.15, 0.2) is 0 Å². The van der Waals surface area contributed by atoms with E-state index in [9.17, 15) is 4.79 Å². The minimum atomic E-state index is -0.0941. The van der Waals surface area contributed by atoms with Gasteiger partial charge in [-0.2, -0.15) is 0 Å². The van der Waals surface area contributed by atoms with Crippen LogP contribution in [0.4, 0.5) is 11.8 Å². The summed E-state index contributed by atoms with van der Waals surface area (Å²) in [5.41, 5.74) is 3.66. The van der Waals surface area contributed by atoms with Crippen molar-refractivity contribution in [3.8, 4) is 11.3 Å². The molecule has 1 saturated heterocycles. The molecule has 0 atom stereocenters. The fourth-order valence-corrected chi connectivity index (χ4v) is 3.35. The molecule has 2 aromatic carbocycles. The normalized spacial score (nSPS) is 14.1. The number of nitrogens with one attached hydrogen (secondary N) is 2. The van der Waals surface area contributed by atoms with E-state index < -0.39 is 0 Å². The lowest BCUT2D eigenvalue weighted by molar-refractivity contribution is -0.120. The van der Waals surface area contributed by atoms with Crippen LogP contribution in [-0.4, -0.2) is 38.9 Å². The molecule has 5 rings (SSSR count). The highest BCUT2D eigenvalue weighted by Gasteiger charge is 2.34. The Bertz CT molecular complexity index is 1100. The van der Waals surface area contributed by atoms with Gasteiger partial charge in [-0.15, -0.1) is 0 Å². The lowest BCUT2D eigenvalue weighted by Gasteiger charge is -2.38. The number of amides is 1. The molecule has 0 bridgehead atoms. The van der Waals surface area contributed by atoms with Crippen LogP contribution >= 0.6 is 0 Å². The van der Waals surface area contributed by atoms with Crippen molar-refractivity contribution in [3.05, 3.63) is 67.0 Å². The largest absolute Gasteiger partial charge is 0.355 e. The fraction of sp³-hybridized carbons (Fsp3) is 0.143. The molecule has 28 heavy (non-hydrogen) atoms. The van der Waals surface area contributed by atoms with Crippen molar-refractivity contribution in [1.82, 2.24) is 19.9 Å². The Morgan fingerprint density at radius 2 is 1.82 bits per heavy atom. The highest BCUT2D eigenvalue weighted by atomic mass is 16.2. The third-order valence-electron chi connectivity index (χ3n) is 4.93. The number of hydrogen-bond donors (Lipinski definition) is 2. The van der Waals surface area contributed by atoms with Crippen molar-refractivity contribution >= 4 is 28.7 Å². The number of carbonyl (C=O) groups is 1. The molecule has 2 aromatic heterocycles. The van der Waals surface area contributed by atoms with E-state index in [1.54, 1.807) is 6.33 Å². The van der Waals surface area contributed by atoms with Crippen molar-refractivity contribution in [2.24, 2.45) is 5.92 Å². The lowest BCUT2D eigenvalue weighted by Crippen LogP contribution is -2.52. The van der Waals surface area contributed by atoms with Gasteiger partial charge in [-0.3, -0.25) is 10.1 Å². The maximum Gasteiger partial charge on any atom is 0.233 e. The molecule has 138 valence electrons. The van der Waals surface area contributed by atoms with Crippen LogP contribution in [0.5, 0.6) is 0 Å². The molecule has 1 fully saturated rings. The molecule has 2 N–H and O–H groups in total. The number of aromatic nitrogens is 4. The van der Waals surface area contributed by atoms with Gasteiger partial charge < -0.3 is 9.88 Å². The molecular weight excluding hydrogens is 352 g/mol. The van der Waals surface area contributed by atoms with Gasteiger partial charge in [-0.05, 0) is 12.1 Å². The maximum atomic E-state index is 12.5. The second-order valence-electron chi connectivity index (χ2n) is 6.82. The first-order chi connectivity index (χ1) is 13.8. The van der Waals surface area contributed by atoms with E-state index in [1.165, 1.54) is 0 Å². The van der Waals surface area contributed by atoms with Crippen LogP contribution in [0.25, 0.3) is 22.3 Å². The summed E-state index contributed by atoms with van der Waals surface area (Å²) in [7, 11) is 0. The monoisotopic (exact) mass is 370 g/mol. The Morgan fingerprint density at radius 3 is 2.64 bits per heavy atom. The minimum absolute atomic E-state index is 0.0346. The summed E-state index contributed by atoms with van der Waals surface area (Å²) >= 11 is 0. The molecule has 1 aliphatic rings. The summed E-state index contributed by atoms with van der Waals surface area (Å²) < 4.78 is 0. The zero-order chi connectivity index (χ0) is 18.9. The number of rotatable bonds is 4. The molecule has 1 aliphatic heterocycles. The average Bonchev–Trinajstić information content (AvgIpc) is 3.10. The molecule has 7 nitrogen and oxygen atoms in total. The van der Waals surface area contributed by atoms with Crippen LogP contribution in [0.15, 0.2) is 67.0 Å². The van der Waals surface area contributed by atoms with Crippen LogP contribution in [0.1, 0.15) is 0 Å². The number of aromatic amines is 1. The summed E-state index contributed by atoms with van der Waals surface area (Å²) in [5.74, 6) is 1.19. The number of hydrogen-bond acceptors (Lipinski definition) is 5. The first-order valence-corrected chi connectivity index (χ1v) is 9.14. The molecule has 0 saturated carbocycles. The number of nitrogens with zero attached hydrogens (tertiary/aromatic N) is 4. The Balaban J connectivity index is 1.24. The number of benzene rings is 2. The van der Waals surface area contributed by atoms with Crippen molar-refractivity contribution in [2.75, 3.05) is 23.3 Å². The number of imidazole rings is 1. The van der Waals surface area contributed by atoms with E-state index in [4.69, 9.17) is 0 Å². The number of anilines is 2. The smallest absolute Gasteiger partial charge is 0.233 e. The van der Waals surface area contributed by atoms with Crippen molar-refractivity contribution in [2.45, 2.75) is 0 Å². The summed E-state index contributed by atoms with van der Waals surface area (Å²) in [6, 6.07) is 19.6. The topological polar surface area (TPSA) is 86.8 Å². The Hall–Kier alpha value is -3.74. The van der Waals surface area contributed by atoms with Gasteiger partial charge in [-0.25, -0.2) is 15.0 Å². The van der Waals surface area contributed by atoms with Gasteiger partial charge in [0, 0.05) is 24.7 Å². The number of para-hydroxylation sites is 2. The van der Waals surface area contributed by atoms with Crippen LogP contribution < -0.4 is 10.2 Å². The molecule has 0 radical (unpaired) electrons. The molecule has 1 amide bonds. The average molecular weight is 370 g/mol. The van der Waals surface area contributed by atoms with E-state index >= 15 is 0 Å². The SMILES string of the molecule is O=C(Nc1nc2ccccc2[nH]1)C1CN(c2cc(-c3ccccc3)ncn2)C1. The molecule has 0 aliphatic carbocycles. The molecule has 7 heteroatoms. The van der Waals surface area contributed by atoms with E-state index in [0.29, 0.717) is 19.0 Å². The van der Waals surface area contributed by atoms with Gasteiger partial charge in [0.05, 0.1) is 22.6 Å². The van der Waals surface area contributed by atoms with Gasteiger partial charge in [0.1, 0.15) is 12.1 Å². The zero-order valence-electron chi connectivity index (χ0n) is 15.0.